The highest BCUT2D eigenvalue weighted by Crippen LogP contribution is 2.25. The van der Waals surface area contributed by atoms with Crippen molar-refractivity contribution in [2.75, 3.05) is 39.3 Å². The molecule has 0 unspecified atom stereocenters. The van der Waals surface area contributed by atoms with Gasteiger partial charge >= 0.3 is 0 Å². The fourth-order valence-corrected chi connectivity index (χ4v) is 5.04. The van der Waals surface area contributed by atoms with Crippen LogP contribution in [-0.2, 0) is 6.54 Å². The molecule has 0 amide bonds. The van der Waals surface area contributed by atoms with Crippen LogP contribution in [0.1, 0.15) is 10.9 Å². The second-order valence-corrected chi connectivity index (χ2v) is 10.1. The summed E-state index contributed by atoms with van der Waals surface area (Å²) in [5, 5.41) is 16.2. The number of thiazole rings is 1. The number of piperazine rings is 1. The van der Waals surface area contributed by atoms with Crippen molar-refractivity contribution in [3.8, 4) is 17.1 Å². The standard InChI is InChI=1S/C24H26ClN5O3S/c1-16-26-21-12-20(5-6-22(21)34-16)32-15-19(31)13-29-7-9-30(10-8-29)14-23-27-24(28-33-23)17-3-2-4-18(25)11-17/h2-6,11-12,19,31H,7-10,13-15H2,1H3/t19-/m1/s1. The molecule has 0 spiro atoms. The third-order valence-electron chi connectivity index (χ3n) is 5.75. The van der Waals surface area contributed by atoms with Crippen LogP contribution in [0.15, 0.2) is 47.0 Å². The zero-order chi connectivity index (χ0) is 23.5. The number of hydrogen-bond donors (Lipinski definition) is 1. The molecule has 0 saturated carbocycles. The lowest BCUT2D eigenvalue weighted by Gasteiger charge is -2.34. The number of halogens is 1. The van der Waals surface area contributed by atoms with Gasteiger partial charge in [-0.2, -0.15) is 4.98 Å². The van der Waals surface area contributed by atoms with Crippen molar-refractivity contribution < 1.29 is 14.4 Å². The van der Waals surface area contributed by atoms with Gasteiger partial charge in [-0.05, 0) is 31.2 Å². The van der Waals surface area contributed by atoms with E-state index in [0.29, 0.717) is 29.8 Å². The summed E-state index contributed by atoms with van der Waals surface area (Å²) < 4.78 is 12.4. The molecule has 2 aromatic heterocycles. The minimum atomic E-state index is -0.560. The summed E-state index contributed by atoms with van der Waals surface area (Å²) in [6.07, 6.45) is -0.560. The largest absolute Gasteiger partial charge is 0.491 e. The van der Waals surface area contributed by atoms with E-state index in [9.17, 15) is 5.11 Å². The van der Waals surface area contributed by atoms with Gasteiger partial charge in [-0.1, -0.05) is 28.9 Å². The van der Waals surface area contributed by atoms with Crippen LogP contribution >= 0.6 is 22.9 Å². The monoisotopic (exact) mass is 499 g/mol. The molecule has 10 heteroatoms. The number of fused-ring (bicyclic) bond motifs is 1. The number of aryl methyl sites for hydroxylation is 1. The van der Waals surface area contributed by atoms with Crippen molar-refractivity contribution in [3.05, 3.63) is 58.4 Å². The van der Waals surface area contributed by atoms with E-state index in [1.54, 1.807) is 11.3 Å². The van der Waals surface area contributed by atoms with Gasteiger partial charge in [0.15, 0.2) is 0 Å². The van der Waals surface area contributed by atoms with Crippen LogP contribution in [0.25, 0.3) is 21.6 Å². The van der Waals surface area contributed by atoms with Gasteiger partial charge in [-0.15, -0.1) is 11.3 Å². The van der Waals surface area contributed by atoms with E-state index in [1.165, 1.54) is 0 Å². The van der Waals surface area contributed by atoms with E-state index < -0.39 is 6.10 Å². The molecule has 1 saturated heterocycles. The van der Waals surface area contributed by atoms with E-state index in [0.717, 1.165) is 52.7 Å². The molecule has 2 aromatic carbocycles. The van der Waals surface area contributed by atoms with Crippen LogP contribution in [0, 0.1) is 6.92 Å². The summed E-state index contributed by atoms with van der Waals surface area (Å²) >= 11 is 7.72. The van der Waals surface area contributed by atoms with Gasteiger partial charge in [-0.3, -0.25) is 9.80 Å². The van der Waals surface area contributed by atoms with Crippen molar-refractivity contribution >= 4 is 33.2 Å². The Morgan fingerprint density at radius 3 is 2.76 bits per heavy atom. The summed E-state index contributed by atoms with van der Waals surface area (Å²) in [6.45, 7) is 6.87. The predicted molar refractivity (Wildman–Crippen MR) is 132 cm³/mol. The Kier molecular flexibility index (Phi) is 7.07. The second-order valence-electron chi connectivity index (χ2n) is 8.43. The number of aromatic nitrogens is 3. The molecule has 4 aromatic rings. The Morgan fingerprint density at radius 2 is 1.94 bits per heavy atom. The third kappa shape index (κ3) is 5.73. The first-order valence-corrected chi connectivity index (χ1v) is 12.4. The minimum absolute atomic E-state index is 0.253. The van der Waals surface area contributed by atoms with E-state index in [-0.39, 0.29) is 6.61 Å². The lowest BCUT2D eigenvalue weighted by Crippen LogP contribution is -2.48. The number of β-amino-alcohol motifs (C(OH)–C–C–N with tert-alkyl or cyclic N) is 1. The fourth-order valence-electron chi connectivity index (χ4n) is 4.04. The van der Waals surface area contributed by atoms with E-state index in [2.05, 4.69) is 24.9 Å². The molecule has 178 valence electrons. The van der Waals surface area contributed by atoms with Crippen LogP contribution < -0.4 is 4.74 Å². The molecular weight excluding hydrogens is 474 g/mol. The highest BCUT2D eigenvalue weighted by molar-refractivity contribution is 7.18. The van der Waals surface area contributed by atoms with Crippen molar-refractivity contribution in [2.45, 2.75) is 19.6 Å². The molecule has 0 radical (unpaired) electrons. The first kappa shape index (κ1) is 23.2. The first-order valence-electron chi connectivity index (χ1n) is 11.2. The Bertz CT molecular complexity index is 1250. The van der Waals surface area contributed by atoms with E-state index in [4.69, 9.17) is 20.9 Å². The number of ether oxygens (including phenoxy) is 1. The molecule has 1 aliphatic rings. The molecule has 1 atom stereocenters. The number of hydrogen-bond acceptors (Lipinski definition) is 9. The van der Waals surface area contributed by atoms with Crippen molar-refractivity contribution in [1.82, 2.24) is 24.9 Å². The highest BCUT2D eigenvalue weighted by atomic mass is 35.5. The normalized spacial score (nSPS) is 16.2. The van der Waals surface area contributed by atoms with Gasteiger partial charge in [-0.25, -0.2) is 4.98 Å². The van der Waals surface area contributed by atoms with Gasteiger partial charge in [0.1, 0.15) is 18.5 Å². The molecule has 8 nitrogen and oxygen atoms in total. The number of aliphatic hydroxyl groups excluding tert-OH is 1. The minimum Gasteiger partial charge on any atom is -0.491 e. The highest BCUT2D eigenvalue weighted by Gasteiger charge is 2.21. The summed E-state index contributed by atoms with van der Waals surface area (Å²) in [6, 6.07) is 13.3. The maximum Gasteiger partial charge on any atom is 0.241 e. The summed E-state index contributed by atoms with van der Waals surface area (Å²) in [5.41, 5.74) is 1.77. The van der Waals surface area contributed by atoms with Gasteiger partial charge in [0.25, 0.3) is 0 Å². The van der Waals surface area contributed by atoms with Crippen LogP contribution in [0.3, 0.4) is 0 Å². The van der Waals surface area contributed by atoms with Crippen LogP contribution in [0.4, 0.5) is 0 Å². The van der Waals surface area contributed by atoms with Gasteiger partial charge in [0, 0.05) is 49.4 Å². The van der Waals surface area contributed by atoms with Crippen LogP contribution in [0.2, 0.25) is 5.02 Å². The molecule has 1 fully saturated rings. The van der Waals surface area contributed by atoms with Gasteiger partial charge < -0.3 is 14.4 Å². The fraction of sp³-hybridized carbons (Fsp3) is 0.375. The lowest BCUT2D eigenvalue weighted by atomic mass is 10.2. The third-order valence-corrected chi connectivity index (χ3v) is 6.94. The van der Waals surface area contributed by atoms with Gasteiger partial charge in [0.05, 0.1) is 21.8 Å². The topological polar surface area (TPSA) is 87.8 Å². The van der Waals surface area contributed by atoms with E-state index >= 15 is 0 Å². The smallest absolute Gasteiger partial charge is 0.241 e. The molecule has 5 rings (SSSR count). The van der Waals surface area contributed by atoms with Crippen molar-refractivity contribution in [2.24, 2.45) is 0 Å². The predicted octanol–water partition coefficient (Wildman–Crippen LogP) is 3.87. The maximum absolute atomic E-state index is 10.5. The maximum atomic E-state index is 10.5. The Labute approximate surface area is 206 Å². The van der Waals surface area contributed by atoms with E-state index in [1.807, 2.05) is 49.4 Å². The zero-order valence-corrected chi connectivity index (χ0v) is 20.4. The lowest BCUT2D eigenvalue weighted by molar-refractivity contribution is 0.0426. The van der Waals surface area contributed by atoms with Crippen LogP contribution in [-0.4, -0.2) is 75.5 Å². The number of benzene rings is 2. The summed E-state index contributed by atoms with van der Waals surface area (Å²) in [7, 11) is 0. The Balaban J connectivity index is 1.06. The number of rotatable bonds is 8. The molecule has 0 bridgehead atoms. The quantitative estimate of drug-likeness (QED) is 0.391. The zero-order valence-electron chi connectivity index (χ0n) is 18.9. The Hall–Kier alpha value is -2.56. The first-order chi connectivity index (χ1) is 16.5. The number of aliphatic hydroxyl groups is 1. The average Bonchev–Trinajstić information content (AvgIpc) is 3.44. The molecular formula is C24H26ClN5O3S. The second kappa shape index (κ2) is 10.4. The van der Waals surface area contributed by atoms with Crippen molar-refractivity contribution in [1.29, 1.82) is 0 Å². The number of nitrogens with zero attached hydrogens (tertiary/aromatic N) is 5. The molecule has 1 aliphatic heterocycles. The summed E-state index contributed by atoms with van der Waals surface area (Å²) in [5.74, 6) is 1.87. The molecule has 1 N–H and O–H groups in total. The average molecular weight is 500 g/mol. The van der Waals surface area contributed by atoms with Crippen LogP contribution in [0.5, 0.6) is 5.75 Å². The Morgan fingerprint density at radius 1 is 1.12 bits per heavy atom. The molecule has 0 aliphatic carbocycles. The molecule has 34 heavy (non-hydrogen) atoms. The molecule has 3 heterocycles. The SMILES string of the molecule is Cc1nc2cc(OC[C@H](O)CN3CCN(Cc4nc(-c5cccc(Cl)c5)no4)CC3)ccc2s1. The van der Waals surface area contributed by atoms with Gasteiger partial charge in [0.2, 0.25) is 11.7 Å². The summed E-state index contributed by atoms with van der Waals surface area (Å²) in [4.78, 5) is 13.5. The van der Waals surface area contributed by atoms with Crippen molar-refractivity contribution in [3.63, 3.8) is 0 Å².